The lowest BCUT2D eigenvalue weighted by Gasteiger charge is -2.34. The number of halogens is 1. The highest BCUT2D eigenvalue weighted by molar-refractivity contribution is 9.10. The highest BCUT2D eigenvalue weighted by Gasteiger charge is 2.25. The molecule has 0 aliphatic carbocycles. The van der Waals surface area contributed by atoms with E-state index in [0.29, 0.717) is 24.5 Å². The van der Waals surface area contributed by atoms with Crippen molar-refractivity contribution < 1.29 is 14.3 Å². The van der Waals surface area contributed by atoms with Crippen LogP contribution in [0.4, 0.5) is 10.5 Å². The molecule has 1 fully saturated rings. The Labute approximate surface area is 203 Å². The van der Waals surface area contributed by atoms with Gasteiger partial charge in [0.2, 0.25) is 0 Å². The van der Waals surface area contributed by atoms with Crippen LogP contribution in [-0.4, -0.2) is 82.7 Å². The Kier molecular flexibility index (Phi) is 7.09. The van der Waals surface area contributed by atoms with Crippen LogP contribution in [-0.2, 0) is 6.42 Å². The largest absolute Gasteiger partial charge is 0.493 e. The highest BCUT2D eigenvalue weighted by Crippen LogP contribution is 2.35. The topological polar surface area (TPSA) is 69.6 Å². The van der Waals surface area contributed by atoms with Gasteiger partial charge in [-0.2, -0.15) is 5.10 Å². The quantitative estimate of drug-likeness (QED) is 0.677. The van der Waals surface area contributed by atoms with Crippen molar-refractivity contribution in [1.82, 2.24) is 15.2 Å². The average Bonchev–Trinajstić information content (AvgIpc) is 3.02. The molecule has 0 atom stereocenters. The molecule has 8 nitrogen and oxygen atoms in total. The molecule has 2 heterocycles. The zero-order valence-corrected chi connectivity index (χ0v) is 21.1. The highest BCUT2D eigenvalue weighted by atomic mass is 79.9. The van der Waals surface area contributed by atoms with Gasteiger partial charge in [-0.25, -0.2) is 9.80 Å². The molecule has 2 aliphatic rings. The Morgan fingerprint density at radius 3 is 2.36 bits per heavy atom. The lowest BCUT2D eigenvalue weighted by atomic mass is 9.95. The normalized spacial score (nSPS) is 16.6. The van der Waals surface area contributed by atoms with Gasteiger partial charge in [-0.3, -0.25) is 0 Å². The number of methoxy groups -OCH3 is 2. The van der Waals surface area contributed by atoms with E-state index in [4.69, 9.17) is 14.6 Å². The predicted molar refractivity (Wildman–Crippen MR) is 134 cm³/mol. The Bertz CT molecular complexity index is 1070. The zero-order valence-electron chi connectivity index (χ0n) is 19.5. The van der Waals surface area contributed by atoms with E-state index in [9.17, 15) is 4.79 Å². The van der Waals surface area contributed by atoms with Crippen molar-refractivity contribution in [2.24, 2.45) is 5.10 Å². The van der Waals surface area contributed by atoms with E-state index in [1.165, 1.54) is 5.01 Å². The number of hydrazone groups is 1. The average molecular weight is 516 g/mol. The van der Waals surface area contributed by atoms with Gasteiger partial charge in [-0.1, -0.05) is 6.07 Å². The molecule has 2 aromatic rings. The first-order valence-corrected chi connectivity index (χ1v) is 11.8. The molecule has 0 bridgehead atoms. The van der Waals surface area contributed by atoms with E-state index in [0.717, 1.165) is 58.7 Å². The van der Waals surface area contributed by atoms with Crippen molar-refractivity contribution in [2.45, 2.75) is 6.42 Å². The van der Waals surface area contributed by atoms with E-state index < -0.39 is 0 Å². The van der Waals surface area contributed by atoms with Gasteiger partial charge in [0.05, 0.1) is 32.2 Å². The van der Waals surface area contributed by atoms with Crippen molar-refractivity contribution in [1.29, 1.82) is 0 Å². The standard InChI is InChI=1S/C24H30BrN5O3/c1-26-24(31)30-8-7-16-14-21(32-3)22(33-4)15-18(16)23(27-30)17-5-6-20(19(25)13-17)29-11-9-28(2)10-12-29/h5-6,13-15H,7-12H2,1-4H3,(H,26,31). The minimum absolute atomic E-state index is 0.243. The lowest BCUT2D eigenvalue weighted by molar-refractivity contribution is 0.203. The number of rotatable bonds is 4. The van der Waals surface area contributed by atoms with E-state index in [1.807, 2.05) is 12.1 Å². The van der Waals surface area contributed by atoms with Crippen LogP contribution in [0.1, 0.15) is 16.7 Å². The number of fused-ring (bicyclic) bond motifs is 1. The molecule has 2 aliphatic heterocycles. The molecule has 2 aromatic carbocycles. The molecule has 0 saturated carbocycles. The van der Waals surface area contributed by atoms with Crippen molar-refractivity contribution in [2.75, 3.05) is 65.9 Å². The Hall–Kier alpha value is -2.78. The number of ether oxygens (including phenoxy) is 2. The molecule has 0 radical (unpaired) electrons. The Morgan fingerprint density at radius 1 is 1.03 bits per heavy atom. The molecule has 0 aromatic heterocycles. The summed E-state index contributed by atoms with van der Waals surface area (Å²) in [7, 11) is 7.01. The van der Waals surface area contributed by atoms with Crippen LogP contribution in [0.2, 0.25) is 0 Å². The van der Waals surface area contributed by atoms with Gasteiger partial charge >= 0.3 is 6.03 Å². The molecule has 33 heavy (non-hydrogen) atoms. The minimum Gasteiger partial charge on any atom is -0.493 e. The van der Waals surface area contributed by atoms with Crippen molar-refractivity contribution in [3.63, 3.8) is 0 Å². The third-order valence-electron chi connectivity index (χ3n) is 6.19. The molecule has 0 unspecified atom stereocenters. The minimum atomic E-state index is -0.243. The van der Waals surface area contributed by atoms with Crippen molar-refractivity contribution >= 4 is 33.4 Å². The second kappa shape index (κ2) is 10.0. The summed E-state index contributed by atoms with van der Waals surface area (Å²) in [4.78, 5) is 17.2. The summed E-state index contributed by atoms with van der Waals surface area (Å²) in [5.41, 5.74) is 4.79. The second-order valence-corrected chi connectivity index (χ2v) is 9.05. The van der Waals surface area contributed by atoms with Gasteiger partial charge < -0.3 is 24.6 Å². The smallest absolute Gasteiger partial charge is 0.337 e. The van der Waals surface area contributed by atoms with Gasteiger partial charge in [-0.05, 0) is 59.2 Å². The first-order chi connectivity index (χ1) is 15.9. The summed E-state index contributed by atoms with van der Waals surface area (Å²) >= 11 is 3.78. The van der Waals surface area contributed by atoms with Crippen LogP contribution in [0.3, 0.4) is 0 Å². The number of hydrogen-bond donors (Lipinski definition) is 1. The van der Waals surface area contributed by atoms with Gasteiger partial charge in [-0.15, -0.1) is 0 Å². The number of benzene rings is 2. The fraction of sp³-hybridized carbons (Fsp3) is 0.417. The van der Waals surface area contributed by atoms with Gasteiger partial charge in [0.1, 0.15) is 0 Å². The number of nitrogens with one attached hydrogen (secondary N) is 1. The number of amides is 2. The Balaban J connectivity index is 1.78. The summed E-state index contributed by atoms with van der Waals surface area (Å²) in [6.45, 7) is 4.51. The molecule has 1 N–H and O–H groups in total. The lowest BCUT2D eigenvalue weighted by Crippen LogP contribution is -2.44. The maximum Gasteiger partial charge on any atom is 0.337 e. The van der Waals surface area contributed by atoms with Crippen LogP contribution >= 0.6 is 15.9 Å². The number of hydrogen-bond acceptors (Lipinski definition) is 6. The number of anilines is 1. The number of piperazine rings is 1. The fourth-order valence-electron chi connectivity index (χ4n) is 4.25. The summed E-state index contributed by atoms with van der Waals surface area (Å²) in [5, 5.41) is 8.95. The van der Waals surface area contributed by atoms with Crippen LogP contribution < -0.4 is 19.7 Å². The molecular weight excluding hydrogens is 486 g/mol. The van der Waals surface area contributed by atoms with Crippen LogP contribution in [0.25, 0.3) is 0 Å². The van der Waals surface area contributed by atoms with E-state index in [1.54, 1.807) is 21.3 Å². The van der Waals surface area contributed by atoms with Crippen molar-refractivity contribution in [3.8, 4) is 11.5 Å². The summed E-state index contributed by atoms with van der Waals surface area (Å²) < 4.78 is 12.1. The molecular formula is C24H30BrN5O3. The van der Waals surface area contributed by atoms with Crippen molar-refractivity contribution in [3.05, 3.63) is 51.5 Å². The number of nitrogens with zero attached hydrogens (tertiary/aromatic N) is 4. The summed E-state index contributed by atoms with van der Waals surface area (Å²) in [6, 6.07) is 9.97. The predicted octanol–water partition coefficient (Wildman–Crippen LogP) is 3.17. The fourth-order valence-corrected chi connectivity index (χ4v) is 4.88. The Morgan fingerprint density at radius 2 is 1.73 bits per heavy atom. The molecule has 4 rings (SSSR count). The maximum atomic E-state index is 12.5. The van der Waals surface area contributed by atoms with Crippen LogP contribution in [0.5, 0.6) is 11.5 Å². The second-order valence-electron chi connectivity index (χ2n) is 8.20. The summed E-state index contributed by atoms with van der Waals surface area (Å²) in [6.07, 6.45) is 0.649. The number of likely N-dealkylation sites (N-methyl/N-ethyl adjacent to an activating group) is 1. The first-order valence-electron chi connectivity index (χ1n) is 11.0. The number of urea groups is 1. The van der Waals surface area contributed by atoms with E-state index in [2.05, 4.69) is 56.3 Å². The molecule has 176 valence electrons. The number of carbonyl (C=O) groups excluding carboxylic acids is 1. The van der Waals surface area contributed by atoms with Crippen LogP contribution in [0.15, 0.2) is 39.9 Å². The van der Waals surface area contributed by atoms with Crippen LogP contribution in [0, 0.1) is 0 Å². The zero-order chi connectivity index (χ0) is 23.5. The van der Waals surface area contributed by atoms with Gasteiger partial charge in [0, 0.05) is 48.8 Å². The third kappa shape index (κ3) is 4.79. The first kappa shape index (κ1) is 23.4. The monoisotopic (exact) mass is 515 g/mol. The van der Waals surface area contributed by atoms with E-state index in [-0.39, 0.29) is 6.03 Å². The molecule has 0 spiro atoms. The van der Waals surface area contributed by atoms with Gasteiger partial charge in [0.25, 0.3) is 0 Å². The third-order valence-corrected chi connectivity index (χ3v) is 6.83. The molecule has 9 heteroatoms. The van der Waals surface area contributed by atoms with E-state index >= 15 is 0 Å². The SMILES string of the molecule is CNC(=O)N1CCc2cc(OC)c(OC)cc2C(c2ccc(N3CCN(C)CC3)c(Br)c2)=N1. The summed E-state index contributed by atoms with van der Waals surface area (Å²) in [5.74, 6) is 1.29. The molecule has 2 amide bonds. The maximum absolute atomic E-state index is 12.5. The number of carbonyl (C=O) groups is 1. The van der Waals surface area contributed by atoms with Gasteiger partial charge in [0.15, 0.2) is 11.5 Å². The molecule has 1 saturated heterocycles.